The summed E-state index contributed by atoms with van der Waals surface area (Å²) in [6.07, 6.45) is 3.52. The number of anilines is 1. The summed E-state index contributed by atoms with van der Waals surface area (Å²) < 4.78 is 0. The Kier molecular flexibility index (Phi) is 3.69. The number of nitrogens with zero attached hydrogens (tertiary/aromatic N) is 2. The fraction of sp³-hybridized carbons (Fsp3) is 0.286. The van der Waals surface area contributed by atoms with Crippen LogP contribution >= 0.6 is 11.6 Å². The van der Waals surface area contributed by atoms with Gasteiger partial charge < -0.3 is 4.90 Å². The smallest absolute Gasteiger partial charge is 0.250 e. The Bertz CT molecular complexity index is 529. The summed E-state index contributed by atoms with van der Waals surface area (Å²) in [4.78, 5) is 13.5. The van der Waals surface area contributed by atoms with Gasteiger partial charge in [-0.25, -0.2) is 0 Å². The Labute approximate surface area is 111 Å². The van der Waals surface area contributed by atoms with E-state index in [4.69, 9.17) is 16.9 Å². The van der Waals surface area contributed by atoms with Crippen molar-refractivity contribution in [2.24, 2.45) is 5.92 Å². The lowest BCUT2D eigenvalue weighted by Crippen LogP contribution is -2.31. The number of nitriles is 1. The molecule has 0 radical (unpaired) electrons. The molecule has 1 saturated carbocycles. The first kappa shape index (κ1) is 12.7. The van der Waals surface area contributed by atoms with Crippen LogP contribution in [0.5, 0.6) is 0 Å². The van der Waals surface area contributed by atoms with Gasteiger partial charge in [-0.05, 0) is 43.0 Å². The predicted octanol–water partition coefficient (Wildman–Crippen LogP) is 3.14. The standard InChI is InChI=1S/C14H13ClN2O/c1-2-14(18)17(9-10-3-4-10)13-7-12(15)6-5-11(13)8-16/h2,5-7,10H,1,3-4,9H2. The summed E-state index contributed by atoms with van der Waals surface area (Å²) in [6, 6.07) is 7.03. The Morgan fingerprint density at radius 1 is 1.61 bits per heavy atom. The van der Waals surface area contributed by atoms with Gasteiger partial charge in [0, 0.05) is 11.6 Å². The van der Waals surface area contributed by atoms with E-state index in [0.29, 0.717) is 28.7 Å². The van der Waals surface area contributed by atoms with Crippen molar-refractivity contribution in [3.05, 3.63) is 41.4 Å². The largest absolute Gasteiger partial charge is 0.307 e. The van der Waals surface area contributed by atoms with Crippen LogP contribution in [0.25, 0.3) is 0 Å². The van der Waals surface area contributed by atoms with Crippen LogP contribution in [-0.4, -0.2) is 12.5 Å². The molecule has 0 atom stereocenters. The topological polar surface area (TPSA) is 44.1 Å². The molecule has 0 bridgehead atoms. The van der Waals surface area contributed by atoms with Crippen LogP contribution in [0.15, 0.2) is 30.9 Å². The molecule has 1 aliphatic rings. The minimum absolute atomic E-state index is 0.194. The van der Waals surface area contributed by atoms with Gasteiger partial charge in [0.05, 0.1) is 11.3 Å². The number of rotatable bonds is 4. The zero-order chi connectivity index (χ0) is 13.1. The van der Waals surface area contributed by atoms with Crippen LogP contribution in [0, 0.1) is 17.2 Å². The number of halogens is 1. The maximum absolute atomic E-state index is 11.9. The second-order valence-corrected chi connectivity index (χ2v) is 4.81. The number of carbonyl (C=O) groups excluding carboxylic acids is 1. The second kappa shape index (κ2) is 5.24. The molecule has 1 aromatic carbocycles. The van der Waals surface area contributed by atoms with Gasteiger partial charge in [-0.2, -0.15) is 5.26 Å². The lowest BCUT2D eigenvalue weighted by Gasteiger charge is -2.22. The van der Waals surface area contributed by atoms with Crippen LogP contribution < -0.4 is 4.90 Å². The Hall–Kier alpha value is -1.79. The average molecular weight is 261 g/mol. The first-order chi connectivity index (χ1) is 8.65. The molecule has 4 heteroatoms. The quantitative estimate of drug-likeness (QED) is 0.781. The van der Waals surface area contributed by atoms with E-state index in [-0.39, 0.29) is 5.91 Å². The van der Waals surface area contributed by atoms with Gasteiger partial charge in [0.1, 0.15) is 6.07 Å². The first-order valence-corrected chi connectivity index (χ1v) is 6.17. The highest BCUT2D eigenvalue weighted by Gasteiger charge is 2.28. The molecule has 0 heterocycles. The SMILES string of the molecule is C=CC(=O)N(CC1CC1)c1cc(Cl)ccc1C#N. The molecule has 0 unspecified atom stereocenters. The number of benzene rings is 1. The van der Waals surface area contributed by atoms with E-state index in [9.17, 15) is 4.79 Å². The van der Waals surface area contributed by atoms with Crippen LogP contribution in [0.4, 0.5) is 5.69 Å². The number of hydrogen-bond acceptors (Lipinski definition) is 2. The Balaban J connectivity index is 2.39. The maximum Gasteiger partial charge on any atom is 0.250 e. The van der Waals surface area contributed by atoms with Crippen molar-refractivity contribution in [1.29, 1.82) is 5.26 Å². The average Bonchev–Trinajstić information content (AvgIpc) is 3.19. The van der Waals surface area contributed by atoms with Crippen molar-refractivity contribution in [2.45, 2.75) is 12.8 Å². The highest BCUT2D eigenvalue weighted by atomic mass is 35.5. The lowest BCUT2D eigenvalue weighted by atomic mass is 10.1. The van der Waals surface area contributed by atoms with Gasteiger partial charge in [0.15, 0.2) is 0 Å². The first-order valence-electron chi connectivity index (χ1n) is 5.79. The van der Waals surface area contributed by atoms with Crippen molar-refractivity contribution in [3.63, 3.8) is 0 Å². The van der Waals surface area contributed by atoms with Crippen LogP contribution in [0.3, 0.4) is 0 Å². The predicted molar refractivity (Wildman–Crippen MR) is 71.4 cm³/mol. The molecule has 0 aromatic heterocycles. The molecule has 0 spiro atoms. The third-order valence-corrected chi connectivity index (χ3v) is 3.18. The van der Waals surface area contributed by atoms with Crippen LogP contribution in [0.2, 0.25) is 5.02 Å². The van der Waals surface area contributed by atoms with E-state index >= 15 is 0 Å². The molecule has 1 aliphatic carbocycles. The van der Waals surface area contributed by atoms with Crippen molar-refractivity contribution in [2.75, 3.05) is 11.4 Å². The molecule has 0 N–H and O–H groups in total. The van der Waals surface area contributed by atoms with E-state index in [2.05, 4.69) is 12.6 Å². The van der Waals surface area contributed by atoms with Crippen molar-refractivity contribution in [3.8, 4) is 6.07 Å². The minimum Gasteiger partial charge on any atom is -0.307 e. The van der Waals surface area contributed by atoms with Crippen LogP contribution in [0.1, 0.15) is 18.4 Å². The zero-order valence-electron chi connectivity index (χ0n) is 9.90. The molecule has 1 amide bonds. The highest BCUT2D eigenvalue weighted by Crippen LogP contribution is 2.33. The van der Waals surface area contributed by atoms with E-state index in [1.807, 2.05) is 0 Å². The number of hydrogen-bond donors (Lipinski definition) is 0. The van der Waals surface area contributed by atoms with E-state index in [1.54, 1.807) is 23.1 Å². The molecular formula is C14H13ClN2O. The molecule has 0 saturated heterocycles. The zero-order valence-corrected chi connectivity index (χ0v) is 10.7. The van der Waals surface area contributed by atoms with Crippen LogP contribution in [-0.2, 0) is 4.79 Å². The molecule has 92 valence electrons. The molecule has 18 heavy (non-hydrogen) atoms. The molecule has 2 rings (SSSR count). The third-order valence-electron chi connectivity index (χ3n) is 2.95. The summed E-state index contributed by atoms with van der Waals surface area (Å²) >= 11 is 5.94. The minimum atomic E-state index is -0.194. The van der Waals surface area contributed by atoms with E-state index < -0.39 is 0 Å². The molecule has 3 nitrogen and oxygen atoms in total. The summed E-state index contributed by atoms with van der Waals surface area (Å²) in [5.41, 5.74) is 1.03. The van der Waals surface area contributed by atoms with E-state index in [0.717, 1.165) is 12.8 Å². The molecule has 0 aliphatic heterocycles. The summed E-state index contributed by atoms with van der Waals surface area (Å²) in [5.74, 6) is 0.333. The summed E-state index contributed by atoms with van der Waals surface area (Å²) in [5, 5.41) is 9.62. The van der Waals surface area contributed by atoms with Gasteiger partial charge in [-0.1, -0.05) is 18.2 Å². The van der Waals surface area contributed by atoms with Gasteiger partial charge in [-0.3, -0.25) is 4.79 Å². The Morgan fingerprint density at radius 3 is 2.89 bits per heavy atom. The number of carbonyl (C=O) groups is 1. The van der Waals surface area contributed by atoms with E-state index in [1.165, 1.54) is 6.08 Å². The maximum atomic E-state index is 11.9. The third kappa shape index (κ3) is 2.72. The van der Waals surface area contributed by atoms with Crippen molar-refractivity contribution in [1.82, 2.24) is 0 Å². The van der Waals surface area contributed by atoms with Crippen molar-refractivity contribution >= 4 is 23.2 Å². The molecule has 1 fully saturated rings. The number of amides is 1. The fourth-order valence-corrected chi connectivity index (χ4v) is 1.96. The Morgan fingerprint density at radius 2 is 2.33 bits per heavy atom. The van der Waals surface area contributed by atoms with Gasteiger partial charge in [0.2, 0.25) is 5.91 Å². The summed E-state index contributed by atoms with van der Waals surface area (Å²) in [7, 11) is 0. The fourth-order valence-electron chi connectivity index (χ4n) is 1.80. The highest BCUT2D eigenvalue weighted by molar-refractivity contribution is 6.31. The van der Waals surface area contributed by atoms with Crippen molar-refractivity contribution < 1.29 is 4.79 Å². The van der Waals surface area contributed by atoms with Gasteiger partial charge in [-0.15, -0.1) is 0 Å². The molecular weight excluding hydrogens is 248 g/mol. The monoisotopic (exact) mass is 260 g/mol. The lowest BCUT2D eigenvalue weighted by molar-refractivity contribution is -0.114. The normalized spacial score (nSPS) is 13.8. The van der Waals surface area contributed by atoms with Gasteiger partial charge in [0.25, 0.3) is 0 Å². The molecule has 1 aromatic rings. The summed E-state index contributed by atoms with van der Waals surface area (Å²) in [6.45, 7) is 4.13. The van der Waals surface area contributed by atoms with Gasteiger partial charge >= 0.3 is 0 Å². The second-order valence-electron chi connectivity index (χ2n) is 4.37.